The van der Waals surface area contributed by atoms with Crippen molar-refractivity contribution in [2.45, 2.75) is 4.83 Å². The van der Waals surface area contributed by atoms with E-state index in [1.54, 1.807) is 7.11 Å². The van der Waals surface area contributed by atoms with Gasteiger partial charge in [0.2, 0.25) is 0 Å². The van der Waals surface area contributed by atoms with Gasteiger partial charge >= 0.3 is 0 Å². The van der Waals surface area contributed by atoms with Crippen molar-refractivity contribution in [3.8, 4) is 5.75 Å². The van der Waals surface area contributed by atoms with Crippen LogP contribution in [-0.2, 0) is 0 Å². The second kappa shape index (κ2) is 6.09. The second-order valence-corrected chi connectivity index (χ2v) is 5.95. The summed E-state index contributed by atoms with van der Waals surface area (Å²) in [5.41, 5.74) is 2.16. The van der Waals surface area contributed by atoms with Gasteiger partial charge in [-0.3, -0.25) is 0 Å². The quantitative estimate of drug-likeness (QED) is 0.620. The van der Waals surface area contributed by atoms with Crippen molar-refractivity contribution in [2.75, 3.05) is 7.11 Å². The number of hydrogen-bond donors (Lipinski definition) is 0. The van der Waals surface area contributed by atoms with Crippen molar-refractivity contribution in [3.05, 3.63) is 63.1 Å². The summed E-state index contributed by atoms with van der Waals surface area (Å²) >= 11 is 13.5. The summed E-state index contributed by atoms with van der Waals surface area (Å²) in [4.78, 5) is 0.0477. The Morgan fingerprint density at radius 2 is 1.83 bits per heavy atom. The van der Waals surface area contributed by atoms with E-state index in [1.165, 1.54) is 0 Å². The minimum Gasteiger partial charge on any atom is -0.497 e. The number of hydrogen-bond acceptors (Lipinski definition) is 1. The molecule has 0 aromatic heterocycles. The van der Waals surface area contributed by atoms with Crippen LogP contribution in [0.5, 0.6) is 5.75 Å². The average Bonchev–Trinajstić information content (AvgIpc) is 2.38. The molecule has 0 N–H and O–H groups in total. The van der Waals surface area contributed by atoms with E-state index in [1.807, 2.05) is 36.4 Å². The highest BCUT2D eigenvalue weighted by molar-refractivity contribution is 9.11. The van der Waals surface area contributed by atoms with E-state index < -0.39 is 0 Å². The van der Waals surface area contributed by atoms with Gasteiger partial charge in [0.1, 0.15) is 5.75 Å². The van der Waals surface area contributed by atoms with E-state index >= 15 is 0 Å². The van der Waals surface area contributed by atoms with E-state index in [2.05, 4.69) is 37.9 Å². The fourth-order valence-corrected chi connectivity index (χ4v) is 3.72. The van der Waals surface area contributed by atoms with Crippen molar-refractivity contribution < 1.29 is 4.74 Å². The van der Waals surface area contributed by atoms with Gasteiger partial charge in [0.05, 0.1) is 11.9 Å². The highest BCUT2D eigenvalue weighted by atomic mass is 79.9. The number of methoxy groups -OCH3 is 1. The largest absolute Gasteiger partial charge is 0.497 e. The number of rotatable bonds is 3. The van der Waals surface area contributed by atoms with E-state index in [9.17, 15) is 0 Å². The topological polar surface area (TPSA) is 9.23 Å². The molecule has 0 heterocycles. The Bertz CT molecular complexity index is 557. The minimum absolute atomic E-state index is 0.0477. The molecule has 0 bridgehead atoms. The Hall–Kier alpha value is -0.510. The van der Waals surface area contributed by atoms with Crippen LogP contribution in [0, 0.1) is 0 Å². The fourth-order valence-electron chi connectivity index (χ4n) is 1.69. The molecule has 1 unspecified atom stereocenters. The average molecular weight is 391 g/mol. The maximum Gasteiger partial charge on any atom is 0.120 e. The molecule has 0 radical (unpaired) electrons. The first-order chi connectivity index (χ1) is 8.63. The first kappa shape index (κ1) is 13.9. The molecule has 0 aliphatic heterocycles. The molecule has 1 atom stereocenters. The smallest absolute Gasteiger partial charge is 0.120 e. The second-order valence-electron chi connectivity index (χ2n) is 3.77. The van der Waals surface area contributed by atoms with E-state index in [0.29, 0.717) is 5.02 Å². The third-order valence-corrected chi connectivity index (χ3v) is 4.69. The summed E-state index contributed by atoms with van der Waals surface area (Å²) in [6.07, 6.45) is 0. The Labute approximate surface area is 128 Å². The molecule has 0 saturated carbocycles. The summed E-state index contributed by atoms with van der Waals surface area (Å²) in [5, 5.41) is 0.687. The van der Waals surface area contributed by atoms with Crippen LogP contribution in [0.1, 0.15) is 16.0 Å². The lowest BCUT2D eigenvalue weighted by molar-refractivity contribution is 0.414. The SMILES string of the molecule is COc1ccc(C(Br)c2ccccc2Br)c(Cl)c1. The lowest BCUT2D eigenvalue weighted by Crippen LogP contribution is -1.95. The van der Waals surface area contributed by atoms with Gasteiger partial charge in [-0.05, 0) is 29.3 Å². The molecular weight excluding hydrogens is 379 g/mol. The number of halogens is 3. The first-order valence-electron chi connectivity index (χ1n) is 5.35. The number of ether oxygens (including phenoxy) is 1. The summed E-state index contributed by atoms with van der Waals surface area (Å²) in [7, 11) is 1.63. The molecule has 0 fully saturated rings. The van der Waals surface area contributed by atoms with Gasteiger partial charge in [-0.1, -0.05) is 67.7 Å². The van der Waals surface area contributed by atoms with Gasteiger partial charge in [-0.15, -0.1) is 0 Å². The predicted octanol–water partition coefficient (Wildman–Crippen LogP) is 5.60. The zero-order valence-corrected chi connectivity index (χ0v) is 13.6. The highest BCUT2D eigenvalue weighted by Gasteiger charge is 2.16. The molecule has 0 amide bonds. The van der Waals surface area contributed by atoms with Crippen molar-refractivity contribution >= 4 is 43.5 Å². The fraction of sp³-hybridized carbons (Fsp3) is 0.143. The summed E-state index contributed by atoms with van der Waals surface area (Å²) in [6, 6.07) is 13.8. The van der Waals surface area contributed by atoms with Crippen LogP contribution >= 0.6 is 43.5 Å². The standard InChI is InChI=1S/C14H11Br2ClO/c1-18-9-6-7-11(13(17)8-9)14(16)10-4-2-3-5-12(10)15/h2-8,14H,1H3. The molecule has 2 aromatic rings. The zero-order chi connectivity index (χ0) is 13.1. The van der Waals surface area contributed by atoms with E-state index in [-0.39, 0.29) is 4.83 Å². The summed E-state index contributed by atoms with van der Waals surface area (Å²) in [5.74, 6) is 0.760. The monoisotopic (exact) mass is 388 g/mol. The lowest BCUT2D eigenvalue weighted by Gasteiger charge is -2.14. The van der Waals surface area contributed by atoms with Crippen LogP contribution in [0.3, 0.4) is 0 Å². The van der Waals surface area contributed by atoms with Crippen molar-refractivity contribution in [3.63, 3.8) is 0 Å². The van der Waals surface area contributed by atoms with Crippen LogP contribution in [0.2, 0.25) is 5.02 Å². The van der Waals surface area contributed by atoms with Gasteiger partial charge < -0.3 is 4.74 Å². The molecule has 4 heteroatoms. The van der Waals surface area contributed by atoms with E-state index in [4.69, 9.17) is 16.3 Å². The molecule has 1 nitrogen and oxygen atoms in total. The van der Waals surface area contributed by atoms with Gasteiger partial charge in [0, 0.05) is 9.50 Å². The minimum atomic E-state index is 0.0477. The van der Waals surface area contributed by atoms with Gasteiger partial charge in [-0.25, -0.2) is 0 Å². The Kier molecular flexibility index (Phi) is 4.71. The van der Waals surface area contributed by atoms with Crippen LogP contribution in [0.25, 0.3) is 0 Å². The molecule has 0 spiro atoms. The summed E-state index contributed by atoms with van der Waals surface area (Å²) in [6.45, 7) is 0. The number of benzene rings is 2. The van der Waals surface area contributed by atoms with E-state index in [0.717, 1.165) is 21.3 Å². The van der Waals surface area contributed by atoms with Crippen LogP contribution in [0.15, 0.2) is 46.9 Å². The molecule has 94 valence electrons. The Balaban J connectivity index is 2.40. The summed E-state index contributed by atoms with van der Waals surface area (Å²) < 4.78 is 6.20. The van der Waals surface area contributed by atoms with Crippen molar-refractivity contribution in [1.29, 1.82) is 0 Å². The van der Waals surface area contributed by atoms with Gasteiger partial charge in [0.15, 0.2) is 0 Å². The Morgan fingerprint density at radius 1 is 1.11 bits per heavy atom. The zero-order valence-electron chi connectivity index (χ0n) is 9.66. The maximum atomic E-state index is 6.28. The van der Waals surface area contributed by atoms with Crippen molar-refractivity contribution in [2.24, 2.45) is 0 Å². The lowest BCUT2D eigenvalue weighted by atomic mass is 10.0. The van der Waals surface area contributed by atoms with Crippen LogP contribution in [-0.4, -0.2) is 7.11 Å². The normalized spacial score (nSPS) is 12.2. The van der Waals surface area contributed by atoms with Crippen LogP contribution < -0.4 is 4.74 Å². The molecular formula is C14H11Br2ClO. The molecule has 0 aliphatic rings. The molecule has 0 aliphatic carbocycles. The molecule has 0 saturated heterocycles. The van der Waals surface area contributed by atoms with Gasteiger partial charge in [0.25, 0.3) is 0 Å². The third-order valence-electron chi connectivity index (χ3n) is 2.66. The van der Waals surface area contributed by atoms with Crippen LogP contribution in [0.4, 0.5) is 0 Å². The maximum absolute atomic E-state index is 6.28. The Morgan fingerprint density at radius 3 is 2.44 bits per heavy atom. The first-order valence-corrected chi connectivity index (χ1v) is 7.44. The van der Waals surface area contributed by atoms with Gasteiger partial charge in [-0.2, -0.15) is 0 Å². The third kappa shape index (κ3) is 2.90. The molecule has 2 aromatic carbocycles. The molecule has 18 heavy (non-hydrogen) atoms. The molecule has 2 rings (SSSR count). The number of alkyl halides is 1. The van der Waals surface area contributed by atoms with Crippen molar-refractivity contribution in [1.82, 2.24) is 0 Å². The predicted molar refractivity (Wildman–Crippen MR) is 82.9 cm³/mol. The highest BCUT2D eigenvalue weighted by Crippen LogP contribution is 2.39.